The van der Waals surface area contributed by atoms with Crippen LogP contribution in [0, 0.1) is 0 Å². The zero-order valence-corrected chi connectivity index (χ0v) is 23.8. The molecule has 2 nitrogen and oxygen atoms in total. The van der Waals surface area contributed by atoms with E-state index in [1.807, 2.05) is 0 Å². The van der Waals surface area contributed by atoms with Gasteiger partial charge in [0.05, 0.1) is 0 Å². The molecule has 1 rings (SSSR count). The Labute approximate surface area is 200 Å². The molecule has 1 saturated heterocycles. The monoisotopic (exact) mass is 637 g/mol. The normalized spacial score (nSPS) is 16.0. The van der Waals surface area contributed by atoms with Crippen molar-refractivity contribution < 1.29 is 23.0 Å². The first-order chi connectivity index (χ1) is 11.9. The number of rotatable bonds is 7. The number of hydrogen-bond acceptors (Lipinski definition) is 2. The van der Waals surface area contributed by atoms with E-state index in [4.69, 9.17) is 85.3 Å². The molecule has 0 atom stereocenters. The van der Waals surface area contributed by atoms with Crippen molar-refractivity contribution in [2.45, 2.75) is 64.7 Å². The third-order valence-corrected chi connectivity index (χ3v) is 3.28. The van der Waals surface area contributed by atoms with Gasteiger partial charge in [0.2, 0.25) is 0 Å². The van der Waals surface area contributed by atoms with Crippen molar-refractivity contribution in [2.24, 2.45) is 0 Å². The Kier molecular flexibility index (Phi) is 30.2. The van der Waals surface area contributed by atoms with E-state index in [2.05, 4.69) is 11.8 Å². The van der Waals surface area contributed by atoms with Crippen molar-refractivity contribution in [1.29, 1.82) is 0 Å². The van der Waals surface area contributed by atoms with Crippen molar-refractivity contribution in [1.82, 2.24) is 4.90 Å². The average Bonchev–Trinajstić information content (AvgIpc) is 2.51. The average molecular weight is 641 g/mol. The fourth-order valence-electron chi connectivity index (χ4n) is 2.30. The van der Waals surface area contributed by atoms with Gasteiger partial charge in [-0.05, 0) is 38.9 Å². The third kappa shape index (κ3) is 50.7. The first-order valence-corrected chi connectivity index (χ1v) is 20.5. The van der Waals surface area contributed by atoms with Crippen LogP contribution in [0.15, 0.2) is 0 Å². The second-order valence-corrected chi connectivity index (χ2v) is 27.2. The molecule has 26 heavy (non-hydrogen) atoms. The van der Waals surface area contributed by atoms with Gasteiger partial charge in [-0.15, -0.1) is 0 Å². The zero-order chi connectivity index (χ0) is 21.1. The molecule has 0 saturated carbocycles. The summed E-state index contributed by atoms with van der Waals surface area (Å²) in [5.41, 5.74) is 0. The number of nitrogens with zero attached hydrogens (tertiary/aromatic N) is 1. The first kappa shape index (κ1) is 34.0. The summed E-state index contributed by atoms with van der Waals surface area (Å²) in [6.07, 6.45) is 13.0. The standard InChI is InChI=1S/C13H27N.8ClH.2Fe.HOP/c1-2-3-4-5-6-8-11-14-12-9-7-10-13-14;;;;;;;;;;;1-2/h2-13H2,1H3;8*1H;;;2H/q;;;;;;;;;2*+4;/p-8. The summed E-state index contributed by atoms with van der Waals surface area (Å²) >= 11 is 0. The van der Waals surface area contributed by atoms with E-state index < -0.39 is 18.4 Å². The summed E-state index contributed by atoms with van der Waals surface area (Å²) in [4.78, 5) is 2.66. The van der Waals surface area contributed by atoms with Crippen LogP contribution in [-0.2, 0) is 23.0 Å². The molecule has 0 aliphatic carbocycles. The minimum absolute atomic E-state index is 1.37. The number of hydrogen-bond donors (Lipinski definition) is 0. The van der Waals surface area contributed by atoms with Gasteiger partial charge in [-0.2, -0.15) is 0 Å². The molecule has 0 aromatic carbocycles. The van der Waals surface area contributed by atoms with E-state index >= 15 is 0 Å². The second-order valence-electron chi connectivity index (χ2n) is 5.28. The molecule has 0 radical (unpaired) electrons. The van der Waals surface area contributed by atoms with Crippen LogP contribution in [0.2, 0.25) is 0 Å². The summed E-state index contributed by atoms with van der Waals surface area (Å²) < 4.78 is 8.06. The third-order valence-electron chi connectivity index (χ3n) is 3.28. The van der Waals surface area contributed by atoms with Crippen LogP contribution < -0.4 is 0 Å². The predicted molar refractivity (Wildman–Crippen MR) is 119 cm³/mol. The maximum absolute atomic E-state index is 8.06. The Morgan fingerprint density at radius 3 is 1.42 bits per heavy atom. The van der Waals surface area contributed by atoms with Gasteiger partial charge >= 0.3 is 99.2 Å². The Morgan fingerprint density at radius 2 is 1.04 bits per heavy atom. The Hall–Kier alpha value is 3.42. The van der Waals surface area contributed by atoms with Crippen LogP contribution in [0.1, 0.15) is 64.7 Å². The molecule has 0 unspecified atom stereocenters. The van der Waals surface area contributed by atoms with Crippen molar-refractivity contribution in [3.63, 3.8) is 0 Å². The van der Waals surface area contributed by atoms with Gasteiger partial charge in [0.15, 0.2) is 0 Å². The molecule has 0 N–H and O–H groups in total. The van der Waals surface area contributed by atoms with E-state index in [0.717, 1.165) is 0 Å². The van der Waals surface area contributed by atoms with Crippen molar-refractivity contribution in [3.8, 4) is 0 Å². The molecule has 1 aliphatic rings. The van der Waals surface area contributed by atoms with E-state index in [-0.39, 0.29) is 0 Å². The summed E-state index contributed by atoms with van der Waals surface area (Å²) in [5.74, 6) is 0. The van der Waals surface area contributed by atoms with Gasteiger partial charge in [-0.25, -0.2) is 0 Å². The van der Waals surface area contributed by atoms with Crippen LogP contribution in [-0.4, -0.2) is 24.5 Å². The molecule has 1 heterocycles. The second kappa shape index (κ2) is 23.1. The fourth-order valence-corrected chi connectivity index (χ4v) is 2.30. The topological polar surface area (TPSA) is 20.3 Å². The van der Waals surface area contributed by atoms with E-state index in [9.17, 15) is 0 Å². The van der Waals surface area contributed by atoms with E-state index in [0.29, 0.717) is 0 Å². The minimum atomic E-state index is -2.61. The fraction of sp³-hybridized carbons (Fsp3) is 1.00. The first-order valence-electron chi connectivity index (χ1n) is 7.93. The summed E-state index contributed by atoms with van der Waals surface area (Å²) in [5, 5.41) is 0. The SMILES string of the molecule is CCCCCCCCN1CCCCC1.O=P.[Cl][Fe]([Cl])([Cl])[Cl].[Cl][Fe]([Cl])([Cl])[Cl]. The zero-order valence-electron chi connectivity index (χ0n) is 14.6. The molecule has 13 heteroatoms. The molecular weight excluding hydrogens is 612 g/mol. The molecule has 0 amide bonds. The van der Waals surface area contributed by atoms with Gasteiger partial charge in [-0.3, -0.25) is 4.57 Å². The van der Waals surface area contributed by atoms with E-state index in [1.165, 1.54) is 77.4 Å². The van der Waals surface area contributed by atoms with Crippen LogP contribution in [0.5, 0.6) is 0 Å². The van der Waals surface area contributed by atoms with Crippen molar-refractivity contribution in [3.05, 3.63) is 0 Å². The molecule has 168 valence electrons. The molecule has 0 spiro atoms. The Balaban J connectivity index is -0.000000366. The van der Waals surface area contributed by atoms with Gasteiger partial charge < -0.3 is 4.90 Å². The summed E-state index contributed by atoms with van der Waals surface area (Å²) in [6.45, 7) is 6.39. The molecule has 0 bridgehead atoms. The predicted octanol–water partition coefficient (Wildman–Crippen LogP) is 9.82. The van der Waals surface area contributed by atoms with Gasteiger partial charge in [-0.1, -0.05) is 45.4 Å². The number of piperidine rings is 1. The molecule has 0 aromatic heterocycles. The molecule has 0 aromatic rings. The van der Waals surface area contributed by atoms with Crippen LogP contribution in [0.25, 0.3) is 0 Å². The van der Waals surface area contributed by atoms with Crippen molar-refractivity contribution >= 4 is 89.9 Å². The van der Waals surface area contributed by atoms with E-state index in [1.54, 1.807) is 9.12 Å². The van der Waals surface area contributed by atoms with Gasteiger partial charge in [0.25, 0.3) is 0 Å². The van der Waals surface area contributed by atoms with Gasteiger partial charge in [0, 0.05) is 0 Å². The summed E-state index contributed by atoms with van der Waals surface area (Å²) in [7, 11) is 36.1. The number of likely N-dealkylation sites (tertiary alicyclic amines) is 1. The van der Waals surface area contributed by atoms with Crippen LogP contribution in [0.4, 0.5) is 0 Å². The van der Waals surface area contributed by atoms with Crippen LogP contribution in [0.3, 0.4) is 0 Å². The molecule has 1 fully saturated rings. The molecule has 1 aliphatic heterocycles. The number of halogens is 8. The summed E-state index contributed by atoms with van der Waals surface area (Å²) in [6, 6.07) is 0. The molecular formula is C13H28Cl8Fe2NOP. The Bertz CT molecular complexity index is 268. The Morgan fingerprint density at radius 1 is 0.692 bits per heavy atom. The number of unbranched alkanes of at least 4 members (excludes halogenated alkanes) is 5. The maximum atomic E-state index is 8.06. The van der Waals surface area contributed by atoms with Crippen molar-refractivity contribution in [2.75, 3.05) is 19.6 Å². The quantitative estimate of drug-likeness (QED) is 0.157. The van der Waals surface area contributed by atoms with Crippen LogP contribution >= 0.6 is 89.9 Å². The van der Waals surface area contributed by atoms with Gasteiger partial charge in [0.1, 0.15) is 9.12 Å².